The molecular formula is C23H25F2N3O8S. The molecule has 200 valence electrons. The number of benzene rings is 2. The van der Waals surface area contributed by atoms with Crippen molar-refractivity contribution in [2.45, 2.75) is 35.9 Å². The molecule has 4 rings (SSSR count). The lowest BCUT2D eigenvalue weighted by molar-refractivity contribution is -0.136. The lowest BCUT2D eigenvalue weighted by Gasteiger charge is -2.44. The normalized spacial score (nSPS) is 21.5. The van der Waals surface area contributed by atoms with E-state index in [0.29, 0.717) is 6.42 Å². The number of ether oxygens (including phenoxy) is 3. The van der Waals surface area contributed by atoms with Gasteiger partial charge in [0, 0.05) is 19.7 Å². The van der Waals surface area contributed by atoms with E-state index in [0.717, 1.165) is 34.6 Å². The molecule has 2 aliphatic rings. The fraction of sp³-hybridized carbons (Fsp3) is 0.391. The van der Waals surface area contributed by atoms with Crippen molar-refractivity contribution < 1.29 is 46.2 Å². The van der Waals surface area contributed by atoms with Crippen LogP contribution in [0.25, 0.3) is 0 Å². The molecule has 2 amide bonds. The topological polar surface area (TPSA) is 135 Å². The second-order valence-electron chi connectivity index (χ2n) is 8.46. The number of hydrogen-bond donors (Lipinski definition) is 2. The number of sulfonamides is 1. The number of rotatable bonds is 8. The van der Waals surface area contributed by atoms with Crippen LogP contribution < -0.4 is 10.2 Å². The maximum Gasteiger partial charge on any atom is 0.410 e. The summed E-state index contributed by atoms with van der Waals surface area (Å²) >= 11 is 0. The minimum absolute atomic E-state index is 0.0320. The van der Waals surface area contributed by atoms with Gasteiger partial charge in [-0.15, -0.1) is 0 Å². The Morgan fingerprint density at radius 3 is 2.49 bits per heavy atom. The van der Waals surface area contributed by atoms with E-state index < -0.39 is 56.7 Å². The molecule has 0 aliphatic carbocycles. The smallest absolute Gasteiger partial charge is 0.410 e. The summed E-state index contributed by atoms with van der Waals surface area (Å²) in [6.45, 7) is -0.149. The summed E-state index contributed by atoms with van der Waals surface area (Å²) in [5.41, 5.74) is 1.47. The van der Waals surface area contributed by atoms with Gasteiger partial charge in [0.05, 0.1) is 17.5 Å². The van der Waals surface area contributed by atoms with Crippen LogP contribution in [-0.4, -0.2) is 79.8 Å². The lowest BCUT2D eigenvalue weighted by atomic mass is 10.1. The number of halogens is 2. The number of fused-ring (bicyclic) bond motifs is 2. The third-order valence-electron chi connectivity index (χ3n) is 6.27. The van der Waals surface area contributed by atoms with Gasteiger partial charge in [-0.1, -0.05) is 0 Å². The molecule has 2 aromatic rings. The SMILES string of the molecule is COCCOC(=O)N1[C@@H]2CC[C@H]1[C@H](C(=O)NO)N(S(=O)(=O)c1ccc(Oc3ccc(F)cc3)c(F)c1)C2. The number of piperazine rings is 1. The van der Waals surface area contributed by atoms with Gasteiger partial charge in [0.2, 0.25) is 10.0 Å². The minimum atomic E-state index is -4.46. The zero-order valence-electron chi connectivity index (χ0n) is 19.7. The van der Waals surface area contributed by atoms with Gasteiger partial charge in [-0.3, -0.25) is 14.9 Å². The van der Waals surface area contributed by atoms with Crippen LogP contribution in [0.5, 0.6) is 11.5 Å². The number of hydroxylamine groups is 1. The highest BCUT2D eigenvalue weighted by molar-refractivity contribution is 7.89. The Hall–Kier alpha value is -3.33. The fourth-order valence-electron chi connectivity index (χ4n) is 4.59. The molecule has 0 spiro atoms. The summed E-state index contributed by atoms with van der Waals surface area (Å²) in [5.74, 6) is -2.70. The molecule has 11 nitrogen and oxygen atoms in total. The molecular weight excluding hydrogens is 516 g/mol. The Morgan fingerprint density at radius 2 is 1.84 bits per heavy atom. The largest absolute Gasteiger partial charge is 0.454 e. The van der Waals surface area contributed by atoms with Gasteiger partial charge in [0.1, 0.15) is 24.2 Å². The average molecular weight is 542 g/mol. The van der Waals surface area contributed by atoms with Gasteiger partial charge >= 0.3 is 6.09 Å². The standard InChI is InChI=1S/C23H25F2N3O8S/c1-34-10-11-35-23(30)28-15-4-8-19(28)21(22(29)26-31)27(13-15)37(32,33)17-7-9-20(18(25)12-17)36-16-5-2-14(24)3-6-16/h2-3,5-7,9,12,15,19,21,31H,4,8,10-11,13H2,1H3,(H,26,29)/t15-,19+,21-/m1/s1. The van der Waals surface area contributed by atoms with Crippen molar-refractivity contribution in [3.8, 4) is 11.5 Å². The van der Waals surface area contributed by atoms with E-state index in [-0.39, 0.29) is 37.7 Å². The van der Waals surface area contributed by atoms with E-state index in [1.807, 2.05) is 0 Å². The Balaban J connectivity index is 1.60. The van der Waals surface area contributed by atoms with Crippen LogP contribution in [0.4, 0.5) is 13.6 Å². The monoisotopic (exact) mass is 541 g/mol. The van der Waals surface area contributed by atoms with E-state index in [4.69, 9.17) is 14.2 Å². The molecule has 2 aliphatic heterocycles. The fourth-order valence-corrected chi connectivity index (χ4v) is 6.26. The van der Waals surface area contributed by atoms with E-state index >= 15 is 0 Å². The lowest BCUT2D eigenvalue weighted by Crippen LogP contribution is -2.66. The number of carbonyl (C=O) groups excluding carboxylic acids is 2. The van der Waals surface area contributed by atoms with Crippen LogP contribution in [0.1, 0.15) is 12.8 Å². The first-order valence-corrected chi connectivity index (χ1v) is 12.7. The van der Waals surface area contributed by atoms with Crippen molar-refractivity contribution in [3.05, 3.63) is 54.1 Å². The molecule has 14 heteroatoms. The predicted octanol–water partition coefficient (Wildman–Crippen LogP) is 2.25. The van der Waals surface area contributed by atoms with Gasteiger partial charge < -0.3 is 14.2 Å². The summed E-state index contributed by atoms with van der Waals surface area (Å²) in [4.78, 5) is 26.2. The number of nitrogens with zero attached hydrogens (tertiary/aromatic N) is 2. The minimum Gasteiger partial charge on any atom is -0.454 e. The van der Waals surface area contributed by atoms with Gasteiger partial charge in [-0.05, 0) is 55.3 Å². The first-order chi connectivity index (χ1) is 17.7. The molecule has 2 aromatic carbocycles. The number of nitrogens with one attached hydrogen (secondary N) is 1. The molecule has 0 radical (unpaired) electrons. The quantitative estimate of drug-likeness (QED) is 0.295. The van der Waals surface area contributed by atoms with Crippen molar-refractivity contribution in [2.75, 3.05) is 26.9 Å². The van der Waals surface area contributed by atoms with Crippen LogP contribution in [0.3, 0.4) is 0 Å². The van der Waals surface area contributed by atoms with Gasteiger partial charge in [-0.25, -0.2) is 27.5 Å². The second-order valence-corrected chi connectivity index (χ2v) is 10.3. The summed E-state index contributed by atoms with van der Waals surface area (Å²) < 4.78 is 71.3. The van der Waals surface area contributed by atoms with E-state index in [9.17, 15) is 32.0 Å². The van der Waals surface area contributed by atoms with E-state index in [1.165, 1.54) is 29.6 Å². The zero-order valence-corrected chi connectivity index (χ0v) is 20.5. The molecule has 0 saturated carbocycles. The first-order valence-electron chi connectivity index (χ1n) is 11.3. The molecule has 2 heterocycles. The molecule has 37 heavy (non-hydrogen) atoms. The molecule has 0 unspecified atom stereocenters. The molecule has 2 saturated heterocycles. The van der Waals surface area contributed by atoms with Crippen LogP contribution in [-0.2, 0) is 24.3 Å². The molecule has 3 atom stereocenters. The summed E-state index contributed by atoms with van der Waals surface area (Å²) in [6.07, 6.45) is -0.0532. The highest BCUT2D eigenvalue weighted by atomic mass is 32.2. The zero-order chi connectivity index (χ0) is 26.7. The van der Waals surface area contributed by atoms with Gasteiger partial charge in [-0.2, -0.15) is 4.31 Å². The molecule has 0 aromatic heterocycles. The second kappa shape index (κ2) is 11.0. The highest BCUT2D eigenvalue weighted by Gasteiger charge is 2.55. The molecule has 2 bridgehead atoms. The Kier molecular flexibility index (Phi) is 7.92. The Morgan fingerprint density at radius 1 is 1.11 bits per heavy atom. The first kappa shape index (κ1) is 26.7. The molecule has 2 fully saturated rings. The molecule has 2 N–H and O–H groups in total. The third-order valence-corrected chi connectivity index (χ3v) is 8.11. The summed E-state index contributed by atoms with van der Waals surface area (Å²) in [6, 6.07) is 4.78. The number of hydrogen-bond acceptors (Lipinski definition) is 8. The van der Waals surface area contributed by atoms with Crippen LogP contribution in [0.15, 0.2) is 47.4 Å². The van der Waals surface area contributed by atoms with Crippen molar-refractivity contribution in [2.24, 2.45) is 0 Å². The number of amides is 2. The van der Waals surface area contributed by atoms with Gasteiger partial charge in [0.25, 0.3) is 5.91 Å². The van der Waals surface area contributed by atoms with Crippen LogP contribution in [0.2, 0.25) is 0 Å². The van der Waals surface area contributed by atoms with E-state index in [1.54, 1.807) is 0 Å². The van der Waals surface area contributed by atoms with E-state index in [2.05, 4.69) is 0 Å². The number of carbonyl (C=O) groups is 2. The maximum absolute atomic E-state index is 14.8. The summed E-state index contributed by atoms with van der Waals surface area (Å²) in [7, 11) is -3.02. The van der Waals surface area contributed by atoms with Gasteiger partial charge in [0.15, 0.2) is 11.6 Å². The van der Waals surface area contributed by atoms with Crippen molar-refractivity contribution in [1.29, 1.82) is 0 Å². The van der Waals surface area contributed by atoms with Crippen LogP contribution in [0, 0.1) is 11.6 Å². The van der Waals surface area contributed by atoms with Crippen molar-refractivity contribution in [1.82, 2.24) is 14.7 Å². The highest BCUT2D eigenvalue weighted by Crippen LogP contribution is 2.38. The Bertz CT molecular complexity index is 1260. The number of methoxy groups -OCH3 is 1. The third kappa shape index (κ3) is 5.37. The summed E-state index contributed by atoms with van der Waals surface area (Å²) in [5, 5.41) is 9.33. The predicted molar refractivity (Wildman–Crippen MR) is 122 cm³/mol. The Labute approximate surface area is 211 Å². The van der Waals surface area contributed by atoms with Crippen molar-refractivity contribution in [3.63, 3.8) is 0 Å². The van der Waals surface area contributed by atoms with Crippen LogP contribution >= 0.6 is 0 Å². The maximum atomic E-state index is 14.8. The average Bonchev–Trinajstić information content (AvgIpc) is 3.19. The van der Waals surface area contributed by atoms with Crippen molar-refractivity contribution >= 4 is 22.0 Å².